The monoisotopic (exact) mass is 395 g/mol. The highest BCUT2D eigenvalue weighted by Gasteiger charge is 2.19. The van der Waals surface area contributed by atoms with E-state index in [4.69, 9.17) is 13.7 Å². The summed E-state index contributed by atoms with van der Waals surface area (Å²) in [6, 6.07) is 7.08. The lowest BCUT2D eigenvalue weighted by atomic mass is 10.1. The molecule has 4 rings (SSSR count). The molecule has 146 valence electrons. The molecule has 0 amide bonds. The van der Waals surface area contributed by atoms with Gasteiger partial charge in [-0.05, 0) is 37.3 Å². The lowest BCUT2D eigenvalue weighted by Crippen LogP contribution is -2.06. The predicted octanol–water partition coefficient (Wildman–Crippen LogP) is 3.42. The second-order valence-corrected chi connectivity index (χ2v) is 6.27. The molecular formula is C20H14FN3O5. The molecule has 1 aromatic carbocycles. The number of esters is 1. The summed E-state index contributed by atoms with van der Waals surface area (Å²) >= 11 is 0. The Kier molecular flexibility index (Phi) is 4.63. The van der Waals surface area contributed by atoms with Crippen molar-refractivity contribution in [2.75, 3.05) is 0 Å². The standard InChI is InChI=1S/C20H14FN3O5/c1-10-17-15(13(8-22-10)9-27-11(2)25)7-16(20(26)28-17)19-23-18(24-29-19)12-3-5-14(21)6-4-12/h3-8H,9H2,1-2H3. The molecule has 29 heavy (non-hydrogen) atoms. The van der Waals surface area contributed by atoms with Crippen molar-refractivity contribution in [3.8, 4) is 22.8 Å². The van der Waals surface area contributed by atoms with Crippen LogP contribution in [-0.2, 0) is 16.1 Å². The summed E-state index contributed by atoms with van der Waals surface area (Å²) in [4.78, 5) is 32.0. The topological polar surface area (TPSA) is 108 Å². The van der Waals surface area contributed by atoms with Crippen molar-refractivity contribution in [3.63, 3.8) is 0 Å². The van der Waals surface area contributed by atoms with Crippen molar-refractivity contribution in [2.24, 2.45) is 0 Å². The van der Waals surface area contributed by atoms with Crippen LogP contribution >= 0.6 is 0 Å². The number of nitrogens with zero attached hydrogens (tertiary/aromatic N) is 3. The molecule has 0 spiro atoms. The predicted molar refractivity (Wildman–Crippen MR) is 99.2 cm³/mol. The van der Waals surface area contributed by atoms with E-state index in [2.05, 4.69) is 15.1 Å². The molecule has 0 saturated heterocycles. The highest BCUT2D eigenvalue weighted by molar-refractivity contribution is 5.85. The third-order valence-electron chi connectivity index (χ3n) is 4.23. The normalized spacial score (nSPS) is 11.0. The molecule has 0 radical (unpaired) electrons. The first-order chi connectivity index (χ1) is 13.9. The first-order valence-electron chi connectivity index (χ1n) is 8.58. The zero-order chi connectivity index (χ0) is 20.5. The number of hydrogen-bond acceptors (Lipinski definition) is 8. The molecule has 9 heteroatoms. The quantitative estimate of drug-likeness (QED) is 0.484. The summed E-state index contributed by atoms with van der Waals surface area (Å²) in [6.07, 6.45) is 1.54. The van der Waals surface area contributed by atoms with Gasteiger partial charge in [0, 0.05) is 29.6 Å². The van der Waals surface area contributed by atoms with Crippen LogP contribution in [0.15, 0.2) is 50.3 Å². The van der Waals surface area contributed by atoms with Crippen LogP contribution in [0.2, 0.25) is 0 Å². The summed E-state index contributed by atoms with van der Waals surface area (Å²) < 4.78 is 28.8. The van der Waals surface area contributed by atoms with Gasteiger partial charge in [0.25, 0.3) is 5.89 Å². The van der Waals surface area contributed by atoms with Gasteiger partial charge in [-0.3, -0.25) is 9.78 Å². The molecule has 3 heterocycles. The average Bonchev–Trinajstić information content (AvgIpc) is 3.18. The second-order valence-electron chi connectivity index (χ2n) is 6.27. The molecule has 8 nitrogen and oxygen atoms in total. The smallest absolute Gasteiger partial charge is 0.349 e. The molecule has 0 aliphatic rings. The minimum atomic E-state index is -0.679. The lowest BCUT2D eigenvalue weighted by Gasteiger charge is -2.08. The first-order valence-corrected chi connectivity index (χ1v) is 8.58. The third-order valence-corrected chi connectivity index (χ3v) is 4.23. The van der Waals surface area contributed by atoms with E-state index in [-0.39, 0.29) is 29.5 Å². The fourth-order valence-electron chi connectivity index (χ4n) is 2.77. The number of hydrogen-bond donors (Lipinski definition) is 0. The molecule has 0 N–H and O–H groups in total. The molecule has 4 aromatic rings. The van der Waals surface area contributed by atoms with Crippen LogP contribution in [-0.4, -0.2) is 21.1 Å². The highest BCUT2D eigenvalue weighted by atomic mass is 19.1. The summed E-state index contributed by atoms with van der Waals surface area (Å²) in [5.41, 5.74) is 1.25. The number of fused-ring (bicyclic) bond motifs is 1. The van der Waals surface area contributed by atoms with Crippen molar-refractivity contribution in [1.82, 2.24) is 15.1 Å². The number of aromatic nitrogens is 3. The van der Waals surface area contributed by atoms with Crippen molar-refractivity contribution >= 4 is 16.9 Å². The molecule has 0 aliphatic heterocycles. The van der Waals surface area contributed by atoms with Crippen LogP contribution in [0.3, 0.4) is 0 Å². The van der Waals surface area contributed by atoms with Gasteiger partial charge in [0.1, 0.15) is 18.0 Å². The SMILES string of the molecule is CC(=O)OCc1cnc(C)c2oc(=O)c(-c3nc(-c4ccc(F)cc4)no3)cc12. The van der Waals surface area contributed by atoms with Crippen LogP contribution in [0.1, 0.15) is 18.2 Å². The number of aryl methyl sites for hydroxylation is 1. The minimum absolute atomic E-state index is 0.0308. The Morgan fingerprint density at radius 3 is 2.72 bits per heavy atom. The van der Waals surface area contributed by atoms with Crippen LogP contribution in [0.4, 0.5) is 4.39 Å². The van der Waals surface area contributed by atoms with Crippen molar-refractivity contribution in [1.29, 1.82) is 0 Å². The molecule has 0 bridgehead atoms. The van der Waals surface area contributed by atoms with Gasteiger partial charge in [-0.1, -0.05) is 5.16 Å². The Balaban J connectivity index is 1.81. The van der Waals surface area contributed by atoms with E-state index in [0.717, 1.165) is 0 Å². The van der Waals surface area contributed by atoms with Crippen LogP contribution in [0, 0.1) is 12.7 Å². The fourth-order valence-corrected chi connectivity index (χ4v) is 2.77. The van der Waals surface area contributed by atoms with E-state index < -0.39 is 17.4 Å². The average molecular weight is 395 g/mol. The minimum Gasteiger partial charge on any atom is -0.461 e. The zero-order valence-electron chi connectivity index (χ0n) is 15.4. The summed E-state index contributed by atoms with van der Waals surface area (Å²) in [5, 5.41) is 4.38. The first kappa shape index (κ1) is 18.5. The van der Waals surface area contributed by atoms with Crippen LogP contribution in [0.25, 0.3) is 33.8 Å². The molecule has 3 aromatic heterocycles. The van der Waals surface area contributed by atoms with Gasteiger partial charge in [0.15, 0.2) is 5.58 Å². The molecule has 0 unspecified atom stereocenters. The van der Waals surface area contributed by atoms with Gasteiger partial charge in [-0.15, -0.1) is 0 Å². The Bertz CT molecular complexity index is 1280. The Morgan fingerprint density at radius 2 is 2.00 bits per heavy atom. The van der Waals surface area contributed by atoms with E-state index in [9.17, 15) is 14.0 Å². The lowest BCUT2D eigenvalue weighted by molar-refractivity contribution is -0.142. The highest BCUT2D eigenvalue weighted by Crippen LogP contribution is 2.26. The Hall–Kier alpha value is -3.88. The third kappa shape index (κ3) is 3.62. The molecule has 0 saturated carbocycles. The Morgan fingerprint density at radius 1 is 1.24 bits per heavy atom. The second kappa shape index (κ2) is 7.27. The van der Waals surface area contributed by atoms with Gasteiger partial charge < -0.3 is 13.7 Å². The number of pyridine rings is 1. The molecule has 0 fully saturated rings. The van der Waals surface area contributed by atoms with Gasteiger partial charge in [0.2, 0.25) is 5.82 Å². The molecule has 0 aliphatic carbocycles. The Labute approximate surface area is 162 Å². The molecular weight excluding hydrogens is 381 g/mol. The van der Waals surface area contributed by atoms with Gasteiger partial charge in [-0.2, -0.15) is 4.98 Å². The van der Waals surface area contributed by atoms with Crippen LogP contribution in [0.5, 0.6) is 0 Å². The fraction of sp³-hybridized carbons (Fsp3) is 0.150. The number of benzene rings is 1. The number of ether oxygens (including phenoxy) is 1. The number of halogens is 1. The van der Waals surface area contributed by atoms with Crippen molar-refractivity contribution in [3.05, 3.63) is 64.0 Å². The number of carbonyl (C=O) groups excluding carboxylic acids is 1. The molecule has 0 atom stereocenters. The van der Waals surface area contributed by atoms with Crippen LogP contribution < -0.4 is 5.63 Å². The maximum Gasteiger partial charge on any atom is 0.349 e. The van der Waals surface area contributed by atoms with Gasteiger partial charge in [0.05, 0.1) is 5.69 Å². The van der Waals surface area contributed by atoms with E-state index in [1.54, 1.807) is 13.1 Å². The summed E-state index contributed by atoms with van der Waals surface area (Å²) in [5.74, 6) is -0.687. The van der Waals surface area contributed by atoms with E-state index >= 15 is 0 Å². The zero-order valence-corrected chi connectivity index (χ0v) is 15.4. The van der Waals surface area contributed by atoms with Gasteiger partial charge in [-0.25, -0.2) is 9.18 Å². The van der Waals surface area contributed by atoms with E-state index in [1.165, 1.54) is 37.3 Å². The van der Waals surface area contributed by atoms with Crippen molar-refractivity contribution in [2.45, 2.75) is 20.5 Å². The largest absolute Gasteiger partial charge is 0.461 e. The van der Waals surface area contributed by atoms with Crippen molar-refractivity contribution < 1.29 is 22.9 Å². The number of carbonyl (C=O) groups is 1. The van der Waals surface area contributed by atoms with E-state index in [0.29, 0.717) is 22.2 Å². The maximum atomic E-state index is 13.1. The number of rotatable bonds is 4. The summed E-state index contributed by atoms with van der Waals surface area (Å²) in [6.45, 7) is 2.96. The van der Waals surface area contributed by atoms with Gasteiger partial charge >= 0.3 is 11.6 Å². The van der Waals surface area contributed by atoms with E-state index in [1.807, 2.05) is 0 Å². The summed E-state index contributed by atoms with van der Waals surface area (Å²) in [7, 11) is 0. The maximum absolute atomic E-state index is 13.1.